The van der Waals surface area contributed by atoms with Crippen LogP contribution in [0, 0.1) is 0 Å². The number of halogens is 1. The summed E-state index contributed by atoms with van der Waals surface area (Å²) in [6.45, 7) is 2.04. The Morgan fingerprint density at radius 3 is 2.47 bits per heavy atom. The molecule has 1 saturated heterocycles. The number of anilines is 1. The molecule has 0 aliphatic carbocycles. The maximum absolute atomic E-state index is 11.6. The fourth-order valence-corrected chi connectivity index (χ4v) is 4.33. The number of rotatable bonds is 6. The van der Waals surface area contributed by atoms with Gasteiger partial charge in [-0.05, 0) is 75.1 Å². The zero-order valence-corrected chi connectivity index (χ0v) is 19.5. The summed E-state index contributed by atoms with van der Waals surface area (Å²) in [6.07, 6.45) is 1.15. The molecule has 4 aromatic rings. The van der Waals surface area contributed by atoms with Gasteiger partial charge in [0.15, 0.2) is 5.76 Å². The third-order valence-corrected chi connectivity index (χ3v) is 6.33. The van der Waals surface area contributed by atoms with E-state index in [0.29, 0.717) is 34.0 Å². The van der Waals surface area contributed by atoms with E-state index in [9.17, 15) is 9.90 Å². The number of benzene rings is 2. The van der Waals surface area contributed by atoms with Crippen LogP contribution >= 0.6 is 11.6 Å². The van der Waals surface area contributed by atoms with Crippen LogP contribution in [-0.2, 0) is 0 Å². The molecular formula is C25H23ClN4O4. The zero-order valence-electron chi connectivity index (χ0n) is 18.7. The smallest absolute Gasteiger partial charge is 0.336 e. The third-order valence-electron chi connectivity index (χ3n) is 6.09. The van der Waals surface area contributed by atoms with E-state index < -0.39 is 5.97 Å². The molecule has 1 N–H and O–H groups in total. The topological polar surface area (TPSA) is 95.8 Å². The Morgan fingerprint density at radius 2 is 1.76 bits per heavy atom. The fourth-order valence-electron chi connectivity index (χ4n) is 4.16. The number of likely N-dealkylation sites (N-methyl/N-ethyl adjacent to an activating group) is 1. The van der Waals surface area contributed by atoms with Crippen LogP contribution in [0.5, 0.6) is 0 Å². The lowest BCUT2D eigenvalue weighted by Crippen LogP contribution is -2.31. The van der Waals surface area contributed by atoms with Gasteiger partial charge in [-0.3, -0.25) is 0 Å². The highest BCUT2D eigenvalue weighted by Gasteiger charge is 2.24. The van der Waals surface area contributed by atoms with Crippen molar-refractivity contribution in [3.05, 3.63) is 65.2 Å². The van der Waals surface area contributed by atoms with Gasteiger partial charge >= 0.3 is 5.97 Å². The molecule has 174 valence electrons. The van der Waals surface area contributed by atoms with E-state index in [-0.39, 0.29) is 11.5 Å². The summed E-state index contributed by atoms with van der Waals surface area (Å²) in [5, 5.41) is 18.1. The minimum absolute atomic E-state index is 0.0506. The third kappa shape index (κ3) is 4.30. The molecule has 1 unspecified atom stereocenters. The van der Waals surface area contributed by atoms with Crippen LogP contribution in [0.25, 0.3) is 34.4 Å². The summed E-state index contributed by atoms with van der Waals surface area (Å²) in [5.41, 5.74) is 2.44. The molecule has 34 heavy (non-hydrogen) atoms. The standard InChI is InChI=1S/C25H23ClN4O4/c1-29(2)18-11-12-30(14-18)17-6-3-15(4-7-17)23-27-28-24(34-23)22-10-9-21(33-22)19-8-5-16(26)13-20(19)25(31)32/h3-10,13,18H,11-12,14H2,1-2H3,(H,31,32). The molecule has 5 rings (SSSR count). The molecule has 1 atom stereocenters. The van der Waals surface area contributed by atoms with Crippen molar-refractivity contribution in [3.63, 3.8) is 0 Å². The fraction of sp³-hybridized carbons (Fsp3) is 0.240. The van der Waals surface area contributed by atoms with Crippen LogP contribution in [0.2, 0.25) is 5.02 Å². The summed E-state index contributed by atoms with van der Waals surface area (Å²) < 4.78 is 11.7. The normalized spacial score (nSPS) is 15.9. The highest BCUT2D eigenvalue weighted by Crippen LogP contribution is 2.33. The monoisotopic (exact) mass is 478 g/mol. The van der Waals surface area contributed by atoms with Crippen LogP contribution in [0.15, 0.2) is 63.4 Å². The number of hydrogen-bond donors (Lipinski definition) is 1. The van der Waals surface area contributed by atoms with Crippen LogP contribution in [-0.4, -0.2) is 59.4 Å². The highest BCUT2D eigenvalue weighted by atomic mass is 35.5. The molecule has 2 aromatic heterocycles. The number of carboxylic acid groups (broad SMARTS) is 1. The predicted molar refractivity (Wildman–Crippen MR) is 129 cm³/mol. The molecule has 8 nitrogen and oxygen atoms in total. The van der Waals surface area contributed by atoms with Crippen molar-refractivity contribution in [3.8, 4) is 34.4 Å². The molecule has 0 saturated carbocycles. The molecule has 0 spiro atoms. The largest absolute Gasteiger partial charge is 0.478 e. The maximum Gasteiger partial charge on any atom is 0.336 e. The summed E-state index contributed by atoms with van der Waals surface area (Å²) in [6, 6.07) is 16.6. The lowest BCUT2D eigenvalue weighted by atomic mass is 10.1. The maximum atomic E-state index is 11.6. The second-order valence-electron chi connectivity index (χ2n) is 8.47. The molecule has 3 heterocycles. The number of carbonyl (C=O) groups is 1. The van der Waals surface area contributed by atoms with E-state index in [4.69, 9.17) is 20.4 Å². The minimum Gasteiger partial charge on any atom is -0.478 e. The zero-order chi connectivity index (χ0) is 23.8. The molecule has 2 aromatic carbocycles. The van der Waals surface area contributed by atoms with Gasteiger partial charge in [0, 0.05) is 41.0 Å². The number of carboxylic acids is 1. The van der Waals surface area contributed by atoms with Gasteiger partial charge in [0.2, 0.25) is 5.89 Å². The molecule has 9 heteroatoms. The van der Waals surface area contributed by atoms with E-state index in [1.807, 2.05) is 12.1 Å². The highest BCUT2D eigenvalue weighted by molar-refractivity contribution is 6.31. The first-order valence-electron chi connectivity index (χ1n) is 10.9. The summed E-state index contributed by atoms with van der Waals surface area (Å²) in [4.78, 5) is 16.2. The molecular weight excluding hydrogens is 456 g/mol. The Kier molecular flexibility index (Phi) is 5.85. The first-order valence-corrected chi connectivity index (χ1v) is 11.3. The molecule has 0 radical (unpaired) electrons. The van der Waals surface area contributed by atoms with E-state index >= 15 is 0 Å². The van der Waals surface area contributed by atoms with Gasteiger partial charge in [-0.25, -0.2) is 4.79 Å². The Morgan fingerprint density at radius 1 is 1.03 bits per heavy atom. The summed E-state index contributed by atoms with van der Waals surface area (Å²) in [5.74, 6) is 0.220. The molecule has 1 aliphatic rings. The Hall–Kier alpha value is -3.62. The van der Waals surface area contributed by atoms with Gasteiger partial charge in [0.25, 0.3) is 5.89 Å². The van der Waals surface area contributed by atoms with Crippen molar-refractivity contribution >= 4 is 23.3 Å². The van der Waals surface area contributed by atoms with Gasteiger partial charge < -0.3 is 23.7 Å². The summed E-state index contributed by atoms with van der Waals surface area (Å²) in [7, 11) is 4.24. The molecule has 0 bridgehead atoms. The van der Waals surface area contributed by atoms with Crippen molar-refractivity contribution < 1.29 is 18.7 Å². The number of aromatic nitrogens is 2. The second kappa shape index (κ2) is 8.96. The van der Waals surface area contributed by atoms with Gasteiger partial charge in [-0.1, -0.05) is 11.6 Å². The van der Waals surface area contributed by atoms with Gasteiger partial charge in [0.1, 0.15) is 5.76 Å². The van der Waals surface area contributed by atoms with Crippen LogP contribution in [0.4, 0.5) is 5.69 Å². The summed E-state index contributed by atoms with van der Waals surface area (Å²) >= 11 is 5.94. The Balaban J connectivity index is 1.35. The van der Waals surface area contributed by atoms with Gasteiger partial charge in [-0.15, -0.1) is 10.2 Å². The minimum atomic E-state index is -1.09. The van der Waals surface area contributed by atoms with Crippen LogP contribution < -0.4 is 4.90 Å². The van der Waals surface area contributed by atoms with E-state index in [0.717, 1.165) is 25.1 Å². The van der Waals surface area contributed by atoms with Crippen molar-refractivity contribution in [2.45, 2.75) is 12.5 Å². The molecule has 1 fully saturated rings. The van der Waals surface area contributed by atoms with Crippen molar-refractivity contribution in [2.24, 2.45) is 0 Å². The van der Waals surface area contributed by atoms with Crippen molar-refractivity contribution in [1.82, 2.24) is 15.1 Å². The van der Waals surface area contributed by atoms with Crippen LogP contribution in [0.3, 0.4) is 0 Å². The van der Waals surface area contributed by atoms with Gasteiger partial charge in [0.05, 0.1) is 5.56 Å². The number of aromatic carboxylic acids is 1. The van der Waals surface area contributed by atoms with Crippen molar-refractivity contribution in [2.75, 3.05) is 32.1 Å². The number of furan rings is 1. The molecule has 0 amide bonds. The Labute approximate surface area is 201 Å². The van der Waals surface area contributed by atoms with Crippen LogP contribution in [0.1, 0.15) is 16.8 Å². The van der Waals surface area contributed by atoms with Crippen molar-refractivity contribution in [1.29, 1.82) is 0 Å². The van der Waals surface area contributed by atoms with E-state index in [1.165, 1.54) is 11.8 Å². The first kappa shape index (κ1) is 22.2. The average Bonchev–Trinajstić information content (AvgIpc) is 3.59. The second-order valence-corrected chi connectivity index (χ2v) is 8.91. The first-order chi connectivity index (χ1) is 16.4. The average molecular weight is 479 g/mol. The predicted octanol–water partition coefficient (Wildman–Crippen LogP) is 5.16. The number of hydrogen-bond acceptors (Lipinski definition) is 7. The van der Waals surface area contributed by atoms with Gasteiger partial charge in [-0.2, -0.15) is 0 Å². The lowest BCUT2D eigenvalue weighted by molar-refractivity contribution is 0.0697. The SMILES string of the molecule is CN(C)C1CCN(c2ccc(-c3nnc(-c4ccc(-c5ccc(Cl)cc5C(=O)O)o4)o3)cc2)C1. The Bertz CT molecular complexity index is 1330. The van der Waals surface area contributed by atoms with E-state index in [2.05, 4.69) is 46.2 Å². The molecule has 1 aliphatic heterocycles. The lowest BCUT2D eigenvalue weighted by Gasteiger charge is -2.21. The van der Waals surface area contributed by atoms with E-state index in [1.54, 1.807) is 24.3 Å². The number of nitrogens with zero attached hydrogens (tertiary/aromatic N) is 4. The quantitative estimate of drug-likeness (QED) is 0.406.